The molecule has 0 radical (unpaired) electrons. The molecule has 0 aromatic heterocycles. The van der Waals surface area contributed by atoms with E-state index < -0.39 is 0 Å². The summed E-state index contributed by atoms with van der Waals surface area (Å²) in [5.41, 5.74) is 1.17. The van der Waals surface area contributed by atoms with Crippen LogP contribution in [0.4, 0.5) is 0 Å². The molecular weight excluding hydrogens is 382 g/mol. The fraction of sp³-hybridized carbons (Fsp3) is 0.636. The Labute approximate surface area is 179 Å². The fourth-order valence-electron chi connectivity index (χ4n) is 4.04. The zero-order chi connectivity index (χ0) is 21.3. The van der Waals surface area contributed by atoms with Gasteiger partial charge in [0.15, 0.2) is 5.96 Å². The Kier molecular flexibility index (Phi) is 8.19. The number of methoxy groups -OCH3 is 2. The Morgan fingerprint density at radius 2 is 1.83 bits per heavy atom. The van der Waals surface area contributed by atoms with Crippen molar-refractivity contribution in [1.82, 2.24) is 20.4 Å². The maximum Gasteiger partial charge on any atom is 0.244 e. The minimum absolute atomic E-state index is 0.115. The lowest BCUT2D eigenvalue weighted by atomic mass is 10.2. The van der Waals surface area contributed by atoms with Gasteiger partial charge in [0.25, 0.3) is 0 Å². The van der Waals surface area contributed by atoms with Crippen molar-refractivity contribution in [2.24, 2.45) is 4.99 Å². The average molecular weight is 418 g/mol. The molecule has 1 aromatic rings. The Morgan fingerprint density at radius 1 is 1.13 bits per heavy atom. The van der Waals surface area contributed by atoms with Gasteiger partial charge in [0.2, 0.25) is 5.91 Å². The molecule has 0 saturated carbocycles. The number of carbonyl (C=O) groups is 1. The van der Waals surface area contributed by atoms with E-state index in [1.165, 1.54) is 5.56 Å². The van der Waals surface area contributed by atoms with Crippen LogP contribution in [0, 0.1) is 0 Å². The van der Waals surface area contributed by atoms with Crippen LogP contribution < -0.4 is 20.1 Å². The quantitative estimate of drug-likeness (QED) is 0.493. The third kappa shape index (κ3) is 6.26. The lowest BCUT2D eigenvalue weighted by molar-refractivity contribution is -0.128. The Bertz CT molecular complexity index is 711. The molecule has 2 N–H and O–H groups in total. The number of ether oxygens (including phenoxy) is 2. The largest absolute Gasteiger partial charge is 0.497 e. The third-order valence-corrected chi connectivity index (χ3v) is 5.61. The molecule has 2 heterocycles. The molecular formula is C22H35N5O3. The van der Waals surface area contributed by atoms with Gasteiger partial charge in [-0.25, -0.2) is 4.99 Å². The molecule has 0 spiro atoms. The summed E-state index contributed by atoms with van der Waals surface area (Å²) in [5, 5.41) is 6.77. The first-order valence-corrected chi connectivity index (χ1v) is 10.9. The molecule has 30 heavy (non-hydrogen) atoms. The number of hydrogen-bond donors (Lipinski definition) is 2. The van der Waals surface area contributed by atoms with E-state index in [4.69, 9.17) is 9.47 Å². The van der Waals surface area contributed by atoms with Crippen LogP contribution in [0.15, 0.2) is 23.2 Å². The number of carbonyl (C=O) groups excluding carboxylic acids is 1. The number of amides is 1. The van der Waals surface area contributed by atoms with Crippen molar-refractivity contribution in [3.63, 3.8) is 0 Å². The van der Waals surface area contributed by atoms with Crippen molar-refractivity contribution in [2.75, 3.05) is 53.5 Å². The van der Waals surface area contributed by atoms with Crippen molar-refractivity contribution in [2.45, 2.75) is 38.8 Å². The Morgan fingerprint density at radius 3 is 2.47 bits per heavy atom. The first-order valence-electron chi connectivity index (χ1n) is 10.9. The van der Waals surface area contributed by atoms with Crippen molar-refractivity contribution in [1.29, 1.82) is 0 Å². The lowest BCUT2D eigenvalue weighted by Gasteiger charge is -2.20. The summed E-state index contributed by atoms with van der Waals surface area (Å²) in [6.45, 7) is 7.51. The van der Waals surface area contributed by atoms with Crippen LogP contribution in [0.25, 0.3) is 0 Å². The minimum Gasteiger partial charge on any atom is -0.497 e. The van der Waals surface area contributed by atoms with Gasteiger partial charge in [0.05, 0.1) is 14.2 Å². The van der Waals surface area contributed by atoms with Gasteiger partial charge in [-0.15, -0.1) is 0 Å². The molecule has 1 unspecified atom stereocenters. The first kappa shape index (κ1) is 22.2. The highest BCUT2D eigenvalue weighted by Gasteiger charge is 2.24. The normalized spacial score (nSPS) is 19.8. The second-order valence-corrected chi connectivity index (χ2v) is 7.87. The summed E-state index contributed by atoms with van der Waals surface area (Å²) in [7, 11) is 3.34. The maximum atomic E-state index is 12.3. The van der Waals surface area contributed by atoms with E-state index in [0.717, 1.165) is 76.0 Å². The van der Waals surface area contributed by atoms with Crippen molar-refractivity contribution in [3.05, 3.63) is 23.8 Å². The number of aliphatic imine (C=N–C) groups is 1. The molecule has 2 saturated heterocycles. The third-order valence-electron chi connectivity index (χ3n) is 5.61. The monoisotopic (exact) mass is 417 g/mol. The minimum atomic E-state index is 0.115. The van der Waals surface area contributed by atoms with Crippen LogP contribution in [0.5, 0.6) is 11.5 Å². The molecule has 8 heteroatoms. The lowest BCUT2D eigenvalue weighted by Crippen LogP contribution is -2.45. The van der Waals surface area contributed by atoms with Crippen molar-refractivity contribution < 1.29 is 14.3 Å². The van der Waals surface area contributed by atoms with E-state index in [0.29, 0.717) is 6.04 Å². The predicted octanol–water partition coefficient (Wildman–Crippen LogP) is 1.46. The zero-order valence-corrected chi connectivity index (χ0v) is 18.4. The number of hydrogen-bond acceptors (Lipinski definition) is 5. The highest BCUT2D eigenvalue weighted by molar-refractivity contribution is 5.85. The van der Waals surface area contributed by atoms with E-state index in [9.17, 15) is 4.79 Å². The first-order chi connectivity index (χ1) is 14.6. The van der Waals surface area contributed by atoms with Gasteiger partial charge >= 0.3 is 0 Å². The van der Waals surface area contributed by atoms with Crippen LogP contribution in [0.2, 0.25) is 0 Å². The van der Waals surface area contributed by atoms with Crippen LogP contribution in [0.1, 0.15) is 31.7 Å². The molecule has 0 bridgehead atoms. The number of rotatable bonds is 8. The number of nitrogens with one attached hydrogen (secondary N) is 2. The molecule has 1 atom stereocenters. The number of benzene rings is 1. The zero-order valence-electron chi connectivity index (χ0n) is 18.4. The van der Waals surface area contributed by atoms with Crippen molar-refractivity contribution >= 4 is 11.9 Å². The van der Waals surface area contributed by atoms with Gasteiger partial charge in [0.1, 0.15) is 18.0 Å². The van der Waals surface area contributed by atoms with Gasteiger partial charge in [-0.2, -0.15) is 0 Å². The van der Waals surface area contributed by atoms with E-state index in [1.54, 1.807) is 14.2 Å². The molecule has 1 aromatic carbocycles. The number of likely N-dealkylation sites (tertiary alicyclic amines) is 2. The summed E-state index contributed by atoms with van der Waals surface area (Å²) in [6.07, 6.45) is 3.24. The smallest absolute Gasteiger partial charge is 0.244 e. The van der Waals surface area contributed by atoms with Gasteiger partial charge in [-0.05, 0) is 43.9 Å². The predicted molar refractivity (Wildman–Crippen MR) is 118 cm³/mol. The van der Waals surface area contributed by atoms with Crippen molar-refractivity contribution in [3.8, 4) is 11.5 Å². The molecule has 2 aliphatic rings. The summed E-state index contributed by atoms with van der Waals surface area (Å²) in [6, 6.07) is 6.30. The van der Waals surface area contributed by atoms with E-state index in [1.807, 2.05) is 17.9 Å². The van der Waals surface area contributed by atoms with E-state index >= 15 is 0 Å². The van der Waals surface area contributed by atoms with Gasteiger partial charge in [0, 0.05) is 51.4 Å². The highest BCUT2D eigenvalue weighted by atomic mass is 16.5. The number of nitrogens with zero attached hydrogens (tertiary/aromatic N) is 3. The van der Waals surface area contributed by atoms with Crippen LogP contribution in [0.3, 0.4) is 0 Å². The van der Waals surface area contributed by atoms with Gasteiger partial charge in [-0.3, -0.25) is 9.69 Å². The summed E-state index contributed by atoms with van der Waals surface area (Å²) < 4.78 is 10.8. The Balaban J connectivity index is 1.53. The SMILES string of the molecule is CCNC(=NCC(=O)N1CCCC1)NC1CCN(Cc2cc(OC)cc(OC)c2)C1. The molecule has 2 fully saturated rings. The second-order valence-electron chi connectivity index (χ2n) is 7.87. The maximum absolute atomic E-state index is 12.3. The molecule has 166 valence electrons. The van der Waals surface area contributed by atoms with E-state index in [-0.39, 0.29) is 12.5 Å². The molecule has 8 nitrogen and oxygen atoms in total. The fourth-order valence-corrected chi connectivity index (χ4v) is 4.04. The average Bonchev–Trinajstić information content (AvgIpc) is 3.44. The highest BCUT2D eigenvalue weighted by Crippen LogP contribution is 2.24. The summed E-state index contributed by atoms with van der Waals surface area (Å²) in [5.74, 6) is 2.45. The molecule has 1 amide bonds. The van der Waals surface area contributed by atoms with Gasteiger partial charge < -0.3 is 25.0 Å². The van der Waals surface area contributed by atoms with Gasteiger partial charge in [-0.1, -0.05) is 0 Å². The van der Waals surface area contributed by atoms with Crippen LogP contribution >= 0.6 is 0 Å². The standard InChI is InChI=1S/C22H35N5O3/c1-4-23-22(24-14-21(28)27-8-5-6-9-27)25-18-7-10-26(16-18)15-17-11-19(29-2)13-20(12-17)30-3/h11-13,18H,4-10,14-16H2,1-3H3,(H2,23,24,25). The number of guanidine groups is 1. The summed E-state index contributed by atoms with van der Waals surface area (Å²) in [4.78, 5) is 21.1. The topological polar surface area (TPSA) is 78.4 Å². The summed E-state index contributed by atoms with van der Waals surface area (Å²) >= 11 is 0. The molecule has 0 aliphatic carbocycles. The second kappa shape index (κ2) is 11.1. The molecule has 3 rings (SSSR count). The Hall–Kier alpha value is -2.48. The van der Waals surface area contributed by atoms with Crippen LogP contribution in [-0.4, -0.2) is 81.2 Å². The van der Waals surface area contributed by atoms with Crippen LogP contribution in [-0.2, 0) is 11.3 Å². The van der Waals surface area contributed by atoms with E-state index in [2.05, 4.69) is 32.7 Å². The molecule has 2 aliphatic heterocycles.